The second-order valence-electron chi connectivity index (χ2n) is 5.43. The number of ether oxygens (including phenoxy) is 1. The Labute approximate surface area is 123 Å². The summed E-state index contributed by atoms with van der Waals surface area (Å²) in [7, 11) is 0. The molecule has 0 saturated carbocycles. The maximum atomic E-state index is 5.48. The fourth-order valence-electron chi connectivity index (χ4n) is 2.69. The van der Waals surface area contributed by atoms with E-state index in [0.717, 1.165) is 26.3 Å². The molecule has 0 spiro atoms. The second kappa shape index (κ2) is 8.93. The highest BCUT2D eigenvalue weighted by molar-refractivity contribution is 5.23. The lowest BCUT2D eigenvalue weighted by molar-refractivity contribution is 0.0252. The molecule has 0 N–H and O–H groups in total. The summed E-state index contributed by atoms with van der Waals surface area (Å²) in [5.41, 5.74) is 1.39. The third-order valence-corrected chi connectivity index (χ3v) is 3.87. The van der Waals surface area contributed by atoms with Crippen LogP contribution in [-0.2, 0) is 4.74 Å². The van der Waals surface area contributed by atoms with E-state index in [9.17, 15) is 0 Å². The van der Waals surface area contributed by atoms with Gasteiger partial charge in [0.2, 0.25) is 0 Å². The average Bonchev–Trinajstić information content (AvgIpc) is 2.53. The van der Waals surface area contributed by atoms with Gasteiger partial charge < -0.3 is 4.74 Å². The molecule has 0 aliphatic carbocycles. The van der Waals surface area contributed by atoms with E-state index >= 15 is 0 Å². The molecule has 0 aromatic heterocycles. The number of allylic oxidation sites excluding steroid dienone is 1. The van der Waals surface area contributed by atoms with Crippen LogP contribution in [0, 0.1) is 0 Å². The molecule has 1 aromatic rings. The van der Waals surface area contributed by atoms with E-state index in [1.807, 2.05) is 0 Å². The lowest BCUT2D eigenvalue weighted by Crippen LogP contribution is -2.38. The quantitative estimate of drug-likeness (QED) is 0.545. The zero-order chi connectivity index (χ0) is 14.0. The molecule has 1 heterocycles. The predicted molar refractivity (Wildman–Crippen MR) is 84.9 cm³/mol. The number of morpholine rings is 1. The van der Waals surface area contributed by atoms with Crippen molar-refractivity contribution in [1.29, 1.82) is 0 Å². The standard InChI is InChI=1S/C18H27NO/c1-2-3-4-5-9-12-18(17-10-7-6-8-11-17)19-13-15-20-16-14-19/h6-12,18H,2-5,13-16H2,1H3/b12-9-. The summed E-state index contributed by atoms with van der Waals surface area (Å²) in [6, 6.07) is 11.2. The largest absolute Gasteiger partial charge is 0.379 e. The van der Waals surface area contributed by atoms with Gasteiger partial charge in [-0.1, -0.05) is 62.2 Å². The van der Waals surface area contributed by atoms with E-state index < -0.39 is 0 Å². The van der Waals surface area contributed by atoms with Crippen LogP contribution in [0.5, 0.6) is 0 Å². The Hall–Kier alpha value is -1.12. The van der Waals surface area contributed by atoms with Crippen LogP contribution in [0.4, 0.5) is 0 Å². The first-order valence-electron chi connectivity index (χ1n) is 7.95. The molecule has 1 atom stereocenters. The van der Waals surface area contributed by atoms with Gasteiger partial charge in [0.05, 0.1) is 19.3 Å². The van der Waals surface area contributed by atoms with Crippen LogP contribution in [0.3, 0.4) is 0 Å². The highest BCUT2D eigenvalue weighted by Gasteiger charge is 2.19. The van der Waals surface area contributed by atoms with Crippen LogP contribution in [0.25, 0.3) is 0 Å². The van der Waals surface area contributed by atoms with Gasteiger partial charge in [0.15, 0.2) is 0 Å². The number of rotatable bonds is 7. The number of unbranched alkanes of at least 4 members (excludes halogenated alkanes) is 3. The summed E-state index contributed by atoms with van der Waals surface area (Å²) in [5.74, 6) is 0. The molecule has 0 bridgehead atoms. The van der Waals surface area contributed by atoms with Gasteiger partial charge in [0, 0.05) is 13.1 Å². The molecular weight excluding hydrogens is 246 g/mol. The van der Waals surface area contributed by atoms with Crippen molar-refractivity contribution in [3.05, 3.63) is 48.0 Å². The fraction of sp³-hybridized carbons (Fsp3) is 0.556. The number of nitrogens with zero attached hydrogens (tertiary/aromatic N) is 1. The van der Waals surface area contributed by atoms with Crippen LogP contribution in [0.15, 0.2) is 42.5 Å². The van der Waals surface area contributed by atoms with Crippen molar-refractivity contribution in [2.45, 2.75) is 38.6 Å². The van der Waals surface area contributed by atoms with Crippen LogP contribution in [-0.4, -0.2) is 31.2 Å². The second-order valence-corrected chi connectivity index (χ2v) is 5.43. The highest BCUT2D eigenvalue weighted by Crippen LogP contribution is 2.23. The molecular formula is C18H27NO. The van der Waals surface area contributed by atoms with Crippen molar-refractivity contribution in [3.8, 4) is 0 Å². The SMILES string of the molecule is CCCCC/C=C\C(c1ccccc1)N1CCOCC1. The van der Waals surface area contributed by atoms with Gasteiger partial charge in [0.1, 0.15) is 0 Å². The summed E-state index contributed by atoms with van der Waals surface area (Å²) in [6.45, 7) is 6.02. The van der Waals surface area contributed by atoms with Gasteiger partial charge in [-0.2, -0.15) is 0 Å². The van der Waals surface area contributed by atoms with Crippen molar-refractivity contribution < 1.29 is 4.74 Å². The van der Waals surface area contributed by atoms with Crippen molar-refractivity contribution >= 4 is 0 Å². The van der Waals surface area contributed by atoms with E-state index in [1.54, 1.807) is 0 Å². The average molecular weight is 273 g/mol. The molecule has 20 heavy (non-hydrogen) atoms. The van der Waals surface area contributed by atoms with Gasteiger partial charge in [-0.25, -0.2) is 0 Å². The van der Waals surface area contributed by atoms with E-state index in [2.05, 4.69) is 54.3 Å². The molecule has 1 saturated heterocycles. The lowest BCUT2D eigenvalue weighted by atomic mass is 10.0. The zero-order valence-corrected chi connectivity index (χ0v) is 12.6. The van der Waals surface area contributed by atoms with Crippen LogP contribution >= 0.6 is 0 Å². The molecule has 1 aliphatic heterocycles. The Morgan fingerprint density at radius 1 is 1.15 bits per heavy atom. The number of benzene rings is 1. The lowest BCUT2D eigenvalue weighted by Gasteiger charge is -2.33. The maximum absolute atomic E-state index is 5.48. The van der Waals surface area contributed by atoms with Gasteiger partial charge >= 0.3 is 0 Å². The van der Waals surface area contributed by atoms with E-state index in [1.165, 1.54) is 31.2 Å². The van der Waals surface area contributed by atoms with E-state index in [-0.39, 0.29) is 0 Å². The maximum Gasteiger partial charge on any atom is 0.0594 e. The molecule has 1 fully saturated rings. The Kier molecular flexibility index (Phi) is 6.82. The first kappa shape index (κ1) is 15.3. The van der Waals surface area contributed by atoms with Crippen molar-refractivity contribution in [3.63, 3.8) is 0 Å². The minimum absolute atomic E-state index is 0.404. The van der Waals surface area contributed by atoms with Crippen molar-refractivity contribution in [2.24, 2.45) is 0 Å². The molecule has 0 amide bonds. The Balaban J connectivity index is 2.00. The third-order valence-electron chi connectivity index (χ3n) is 3.87. The molecule has 1 unspecified atom stereocenters. The molecule has 2 heteroatoms. The van der Waals surface area contributed by atoms with Crippen LogP contribution in [0.1, 0.15) is 44.2 Å². The van der Waals surface area contributed by atoms with Gasteiger partial charge in [0.25, 0.3) is 0 Å². The van der Waals surface area contributed by atoms with Crippen molar-refractivity contribution in [1.82, 2.24) is 4.90 Å². The monoisotopic (exact) mass is 273 g/mol. The first-order chi connectivity index (χ1) is 9.92. The highest BCUT2D eigenvalue weighted by atomic mass is 16.5. The topological polar surface area (TPSA) is 12.5 Å². The minimum atomic E-state index is 0.404. The van der Waals surface area contributed by atoms with E-state index in [4.69, 9.17) is 4.74 Å². The smallest absolute Gasteiger partial charge is 0.0594 e. The van der Waals surface area contributed by atoms with Crippen molar-refractivity contribution in [2.75, 3.05) is 26.3 Å². The van der Waals surface area contributed by atoms with Crippen LogP contribution in [0.2, 0.25) is 0 Å². The van der Waals surface area contributed by atoms with E-state index in [0.29, 0.717) is 6.04 Å². The molecule has 0 radical (unpaired) electrons. The summed E-state index contributed by atoms with van der Waals surface area (Å²) >= 11 is 0. The third kappa shape index (κ3) is 4.77. The molecule has 110 valence electrons. The molecule has 1 aromatic carbocycles. The van der Waals surface area contributed by atoms with Gasteiger partial charge in [-0.15, -0.1) is 0 Å². The summed E-state index contributed by atoms with van der Waals surface area (Å²) in [4.78, 5) is 2.52. The first-order valence-corrected chi connectivity index (χ1v) is 7.95. The zero-order valence-electron chi connectivity index (χ0n) is 12.6. The number of hydrogen-bond donors (Lipinski definition) is 0. The van der Waals surface area contributed by atoms with Gasteiger partial charge in [-0.05, 0) is 18.4 Å². The Bertz CT molecular complexity index is 382. The fourth-order valence-corrected chi connectivity index (χ4v) is 2.69. The van der Waals surface area contributed by atoms with Gasteiger partial charge in [-0.3, -0.25) is 4.90 Å². The normalized spacial score (nSPS) is 18.4. The molecule has 2 rings (SSSR count). The number of hydrogen-bond acceptors (Lipinski definition) is 2. The minimum Gasteiger partial charge on any atom is -0.379 e. The summed E-state index contributed by atoms with van der Waals surface area (Å²) in [5, 5.41) is 0. The molecule has 1 aliphatic rings. The predicted octanol–water partition coefficient (Wildman–Crippen LogP) is 4.20. The Morgan fingerprint density at radius 3 is 2.60 bits per heavy atom. The Morgan fingerprint density at radius 2 is 1.90 bits per heavy atom. The van der Waals surface area contributed by atoms with Crippen LogP contribution < -0.4 is 0 Å². The molecule has 2 nitrogen and oxygen atoms in total. The summed E-state index contributed by atoms with van der Waals surface area (Å²) in [6.07, 6.45) is 9.87. The summed E-state index contributed by atoms with van der Waals surface area (Å²) < 4.78 is 5.48.